The van der Waals surface area contributed by atoms with Gasteiger partial charge in [-0.15, -0.1) is 0 Å². The molecule has 2 N–H and O–H groups in total. The van der Waals surface area contributed by atoms with Gasteiger partial charge in [-0.05, 0) is 22.9 Å². The Morgan fingerprint density at radius 1 is 1.53 bits per heavy atom. The minimum atomic E-state index is 0.629. The van der Waals surface area contributed by atoms with Crippen molar-refractivity contribution in [1.29, 1.82) is 0 Å². The summed E-state index contributed by atoms with van der Waals surface area (Å²) < 4.78 is 4.59. The summed E-state index contributed by atoms with van der Waals surface area (Å²) in [5.74, 6) is 0. The van der Waals surface area contributed by atoms with Crippen LogP contribution in [0.3, 0.4) is 0 Å². The molecule has 0 saturated heterocycles. The minimum absolute atomic E-state index is 0.629. The average molecular weight is 270 g/mol. The standard InChI is InChI=1S/C9H12BrN5/c1-6-8(11)3-12-15(6)5-9-7(10)4-14(2)13-9/h3-4H,5,11H2,1-2H3. The Labute approximate surface area is 96.0 Å². The molecular weight excluding hydrogens is 258 g/mol. The fourth-order valence-corrected chi connectivity index (χ4v) is 1.88. The average Bonchev–Trinajstić information content (AvgIpc) is 2.64. The van der Waals surface area contributed by atoms with Crippen LogP contribution in [0.2, 0.25) is 0 Å². The molecule has 0 saturated carbocycles. The van der Waals surface area contributed by atoms with Gasteiger partial charge >= 0.3 is 0 Å². The molecular formula is C9H12BrN5. The summed E-state index contributed by atoms with van der Waals surface area (Å²) in [4.78, 5) is 0. The Balaban J connectivity index is 2.29. The summed E-state index contributed by atoms with van der Waals surface area (Å²) in [6, 6.07) is 0. The highest BCUT2D eigenvalue weighted by Gasteiger charge is 2.09. The zero-order valence-corrected chi connectivity index (χ0v) is 10.2. The topological polar surface area (TPSA) is 61.7 Å². The van der Waals surface area contributed by atoms with Crippen molar-refractivity contribution >= 4 is 21.6 Å². The van der Waals surface area contributed by atoms with E-state index in [0.717, 1.165) is 15.9 Å². The summed E-state index contributed by atoms with van der Waals surface area (Å²) in [6.07, 6.45) is 3.57. The highest BCUT2D eigenvalue weighted by molar-refractivity contribution is 9.10. The number of aromatic nitrogens is 4. The molecule has 0 aliphatic rings. The predicted molar refractivity (Wildman–Crippen MR) is 61.4 cm³/mol. The molecule has 0 bridgehead atoms. The molecule has 2 aromatic heterocycles. The maximum atomic E-state index is 5.72. The highest BCUT2D eigenvalue weighted by atomic mass is 79.9. The van der Waals surface area contributed by atoms with Gasteiger partial charge in [-0.1, -0.05) is 0 Å². The second kappa shape index (κ2) is 3.69. The van der Waals surface area contributed by atoms with Gasteiger partial charge in [0.15, 0.2) is 0 Å². The Bertz CT molecular complexity index is 485. The number of hydrogen-bond acceptors (Lipinski definition) is 3. The lowest BCUT2D eigenvalue weighted by atomic mass is 10.4. The molecule has 0 amide bonds. The first-order valence-electron chi connectivity index (χ1n) is 4.54. The van der Waals surface area contributed by atoms with Crippen LogP contribution in [-0.4, -0.2) is 19.6 Å². The van der Waals surface area contributed by atoms with Crippen molar-refractivity contribution in [2.75, 3.05) is 5.73 Å². The van der Waals surface area contributed by atoms with Gasteiger partial charge in [-0.25, -0.2) is 0 Å². The van der Waals surface area contributed by atoms with Crippen LogP contribution in [0, 0.1) is 6.92 Å². The van der Waals surface area contributed by atoms with E-state index in [1.807, 2.05) is 24.9 Å². The van der Waals surface area contributed by atoms with Crippen molar-refractivity contribution in [2.45, 2.75) is 13.5 Å². The van der Waals surface area contributed by atoms with Gasteiger partial charge in [0, 0.05) is 13.2 Å². The maximum Gasteiger partial charge on any atom is 0.0981 e. The minimum Gasteiger partial charge on any atom is -0.396 e. The summed E-state index contributed by atoms with van der Waals surface area (Å²) >= 11 is 3.45. The van der Waals surface area contributed by atoms with Crippen molar-refractivity contribution < 1.29 is 0 Å². The van der Waals surface area contributed by atoms with Crippen molar-refractivity contribution in [3.8, 4) is 0 Å². The fourth-order valence-electron chi connectivity index (χ4n) is 1.37. The van der Waals surface area contributed by atoms with E-state index in [1.165, 1.54) is 0 Å². The van der Waals surface area contributed by atoms with Crippen LogP contribution in [-0.2, 0) is 13.6 Å². The molecule has 0 unspecified atom stereocenters. The van der Waals surface area contributed by atoms with E-state index < -0.39 is 0 Å². The first-order chi connectivity index (χ1) is 7.08. The Kier molecular flexibility index (Phi) is 2.52. The third-order valence-electron chi connectivity index (χ3n) is 2.29. The second-order valence-electron chi connectivity index (χ2n) is 3.44. The van der Waals surface area contributed by atoms with E-state index in [1.54, 1.807) is 10.9 Å². The molecule has 0 aromatic carbocycles. The Morgan fingerprint density at radius 3 is 2.73 bits per heavy atom. The Hall–Kier alpha value is -1.30. The second-order valence-corrected chi connectivity index (χ2v) is 4.29. The number of hydrogen-bond donors (Lipinski definition) is 1. The maximum absolute atomic E-state index is 5.72. The lowest BCUT2D eigenvalue weighted by molar-refractivity contribution is 0.634. The fraction of sp³-hybridized carbons (Fsp3) is 0.333. The molecule has 80 valence electrons. The third-order valence-corrected chi connectivity index (χ3v) is 2.96. The molecule has 0 atom stereocenters. The smallest absolute Gasteiger partial charge is 0.0981 e. The molecule has 0 spiro atoms. The number of aryl methyl sites for hydroxylation is 1. The number of nitrogens with zero attached hydrogens (tertiary/aromatic N) is 4. The number of nitrogen functional groups attached to an aromatic ring is 1. The lowest BCUT2D eigenvalue weighted by Crippen LogP contribution is -2.05. The van der Waals surface area contributed by atoms with Gasteiger partial charge in [0.25, 0.3) is 0 Å². The van der Waals surface area contributed by atoms with Crippen LogP contribution < -0.4 is 5.73 Å². The number of halogens is 1. The SMILES string of the molecule is Cc1c(N)cnn1Cc1nn(C)cc1Br. The van der Waals surface area contributed by atoms with E-state index in [4.69, 9.17) is 5.73 Å². The zero-order valence-electron chi connectivity index (χ0n) is 8.61. The normalized spacial score (nSPS) is 10.9. The molecule has 0 fully saturated rings. The quantitative estimate of drug-likeness (QED) is 0.895. The third kappa shape index (κ3) is 1.90. The first kappa shape index (κ1) is 10.2. The van der Waals surface area contributed by atoms with Crippen molar-refractivity contribution in [2.24, 2.45) is 7.05 Å². The lowest BCUT2D eigenvalue weighted by Gasteiger charge is -2.02. The molecule has 6 heteroatoms. The van der Waals surface area contributed by atoms with E-state index in [-0.39, 0.29) is 0 Å². The van der Waals surface area contributed by atoms with E-state index >= 15 is 0 Å². The zero-order chi connectivity index (χ0) is 11.0. The van der Waals surface area contributed by atoms with E-state index in [0.29, 0.717) is 12.2 Å². The van der Waals surface area contributed by atoms with Crippen LogP contribution in [0.4, 0.5) is 5.69 Å². The van der Waals surface area contributed by atoms with Gasteiger partial charge in [0.2, 0.25) is 0 Å². The van der Waals surface area contributed by atoms with Gasteiger partial charge < -0.3 is 5.73 Å². The molecule has 5 nitrogen and oxygen atoms in total. The largest absolute Gasteiger partial charge is 0.396 e. The monoisotopic (exact) mass is 269 g/mol. The molecule has 2 heterocycles. The van der Waals surface area contributed by atoms with E-state index in [2.05, 4.69) is 26.1 Å². The first-order valence-corrected chi connectivity index (χ1v) is 5.33. The van der Waals surface area contributed by atoms with Crippen molar-refractivity contribution in [3.05, 3.63) is 28.3 Å². The van der Waals surface area contributed by atoms with Crippen molar-refractivity contribution in [1.82, 2.24) is 19.6 Å². The van der Waals surface area contributed by atoms with Crippen LogP contribution in [0.25, 0.3) is 0 Å². The summed E-state index contributed by atoms with van der Waals surface area (Å²) in [5.41, 5.74) is 8.34. The van der Waals surface area contributed by atoms with Crippen LogP contribution in [0.5, 0.6) is 0 Å². The molecule has 0 aliphatic heterocycles. The molecule has 15 heavy (non-hydrogen) atoms. The Morgan fingerprint density at radius 2 is 2.27 bits per heavy atom. The van der Waals surface area contributed by atoms with Crippen LogP contribution >= 0.6 is 15.9 Å². The van der Waals surface area contributed by atoms with E-state index in [9.17, 15) is 0 Å². The summed E-state index contributed by atoms with van der Waals surface area (Å²) in [5, 5.41) is 8.51. The predicted octanol–water partition coefficient (Wildman–Crippen LogP) is 1.32. The summed E-state index contributed by atoms with van der Waals surface area (Å²) in [6.45, 7) is 2.57. The molecule has 2 aromatic rings. The highest BCUT2D eigenvalue weighted by Crippen LogP contribution is 2.17. The molecule has 2 rings (SSSR count). The molecule has 0 aliphatic carbocycles. The number of rotatable bonds is 2. The van der Waals surface area contributed by atoms with Gasteiger partial charge in [-0.3, -0.25) is 9.36 Å². The summed E-state index contributed by atoms with van der Waals surface area (Å²) in [7, 11) is 1.89. The van der Waals surface area contributed by atoms with Crippen LogP contribution in [0.1, 0.15) is 11.4 Å². The molecule has 0 radical (unpaired) electrons. The number of nitrogens with two attached hydrogens (primary N) is 1. The van der Waals surface area contributed by atoms with Gasteiger partial charge in [-0.2, -0.15) is 10.2 Å². The number of anilines is 1. The van der Waals surface area contributed by atoms with Gasteiger partial charge in [0.05, 0.1) is 34.3 Å². The van der Waals surface area contributed by atoms with Crippen molar-refractivity contribution in [3.63, 3.8) is 0 Å². The van der Waals surface area contributed by atoms with Crippen LogP contribution in [0.15, 0.2) is 16.9 Å². The van der Waals surface area contributed by atoms with Gasteiger partial charge in [0.1, 0.15) is 0 Å².